The highest BCUT2D eigenvalue weighted by Crippen LogP contribution is 2.12. The van der Waals surface area contributed by atoms with Crippen LogP contribution < -0.4 is 0 Å². The summed E-state index contributed by atoms with van der Waals surface area (Å²) in [6.07, 6.45) is 4.09. The molecule has 70 valence electrons. The van der Waals surface area contributed by atoms with Crippen molar-refractivity contribution in [1.29, 1.82) is 0 Å². The molecule has 1 aromatic heterocycles. The molecule has 4 heteroatoms. The number of aryl methyl sites for hydroxylation is 1. The zero-order valence-corrected chi connectivity index (χ0v) is 7.71. The zero-order valence-electron chi connectivity index (χ0n) is 7.71. The molecule has 0 saturated carbocycles. The molecule has 0 radical (unpaired) electrons. The van der Waals surface area contributed by atoms with Gasteiger partial charge in [-0.05, 0) is 30.7 Å². The molecule has 0 aliphatic heterocycles. The summed E-state index contributed by atoms with van der Waals surface area (Å²) in [7, 11) is 0. The molecule has 0 spiro atoms. The Kier molecular flexibility index (Phi) is 2.10. The number of carbonyl (C=O) groups is 1. The summed E-state index contributed by atoms with van der Waals surface area (Å²) in [5.74, 6) is 0. The second kappa shape index (κ2) is 3.41. The highest BCUT2D eigenvalue weighted by Gasteiger charge is 2.00. The van der Waals surface area contributed by atoms with Gasteiger partial charge in [-0.25, -0.2) is 0 Å². The van der Waals surface area contributed by atoms with Crippen LogP contribution >= 0.6 is 0 Å². The van der Waals surface area contributed by atoms with Crippen molar-refractivity contribution in [2.24, 2.45) is 0 Å². The smallest absolute Gasteiger partial charge is 0.150 e. The molecule has 0 N–H and O–H groups in total. The van der Waals surface area contributed by atoms with Gasteiger partial charge in [0.25, 0.3) is 0 Å². The topological polar surface area (TPSA) is 47.8 Å². The van der Waals surface area contributed by atoms with E-state index in [1.165, 1.54) is 0 Å². The van der Waals surface area contributed by atoms with Crippen LogP contribution in [0.25, 0.3) is 5.69 Å². The van der Waals surface area contributed by atoms with Crippen LogP contribution in [0, 0.1) is 6.92 Å². The van der Waals surface area contributed by atoms with Crippen LogP contribution in [0.2, 0.25) is 0 Å². The lowest BCUT2D eigenvalue weighted by Gasteiger charge is -2.03. The molecule has 0 bridgehead atoms. The maximum Gasteiger partial charge on any atom is 0.150 e. The molecule has 0 unspecified atom stereocenters. The van der Waals surface area contributed by atoms with Crippen molar-refractivity contribution in [3.8, 4) is 5.69 Å². The third kappa shape index (κ3) is 1.42. The van der Waals surface area contributed by atoms with Crippen LogP contribution in [0.3, 0.4) is 0 Å². The van der Waals surface area contributed by atoms with E-state index in [9.17, 15) is 4.79 Å². The molecule has 0 atom stereocenters. The van der Waals surface area contributed by atoms with Crippen molar-refractivity contribution in [1.82, 2.24) is 14.8 Å². The van der Waals surface area contributed by atoms with Crippen LogP contribution in [-0.4, -0.2) is 21.1 Å². The van der Waals surface area contributed by atoms with Gasteiger partial charge in [0, 0.05) is 11.3 Å². The number of nitrogens with zero attached hydrogens (tertiary/aromatic N) is 3. The Morgan fingerprint density at radius 1 is 1.29 bits per heavy atom. The third-order valence-electron chi connectivity index (χ3n) is 2.10. The predicted molar refractivity (Wildman–Crippen MR) is 51.5 cm³/mol. The molecule has 0 aliphatic carbocycles. The zero-order chi connectivity index (χ0) is 9.97. The predicted octanol–water partition coefficient (Wildman–Crippen LogP) is 1.39. The quantitative estimate of drug-likeness (QED) is 0.667. The van der Waals surface area contributed by atoms with Gasteiger partial charge >= 0.3 is 0 Å². The summed E-state index contributed by atoms with van der Waals surface area (Å²) >= 11 is 0. The summed E-state index contributed by atoms with van der Waals surface area (Å²) in [5, 5.41) is 7.43. The first-order chi connectivity index (χ1) is 6.81. The lowest BCUT2D eigenvalue weighted by atomic mass is 10.1. The largest absolute Gasteiger partial charge is 0.298 e. The number of benzene rings is 1. The van der Waals surface area contributed by atoms with Crippen molar-refractivity contribution in [2.45, 2.75) is 6.92 Å². The second-order valence-electron chi connectivity index (χ2n) is 3.03. The Balaban J connectivity index is 2.48. The Morgan fingerprint density at radius 3 is 2.57 bits per heavy atom. The summed E-state index contributed by atoms with van der Waals surface area (Å²) in [6, 6.07) is 5.57. The van der Waals surface area contributed by atoms with Crippen molar-refractivity contribution in [2.75, 3.05) is 0 Å². The molecular weight excluding hydrogens is 178 g/mol. The van der Waals surface area contributed by atoms with Gasteiger partial charge in [0.2, 0.25) is 0 Å². The normalized spacial score (nSPS) is 10.1. The summed E-state index contributed by atoms with van der Waals surface area (Å²) in [4.78, 5) is 10.6. The van der Waals surface area contributed by atoms with E-state index in [0.717, 1.165) is 17.5 Å². The van der Waals surface area contributed by atoms with Crippen LogP contribution in [0.1, 0.15) is 15.9 Å². The van der Waals surface area contributed by atoms with E-state index in [2.05, 4.69) is 10.2 Å². The average Bonchev–Trinajstić information content (AvgIpc) is 2.70. The fraction of sp³-hybridized carbons (Fsp3) is 0.100. The van der Waals surface area contributed by atoms with Crippen LogP contribution in [-0.2, 0) is 0 Å². The maximum absolute atomic E-state index is 10.6. The lowest BCUT2D eigenvalue weighted by Crippen LogP contribution is -1.93. The van der Waals surface area contributed by atoms with Crippen molar-refractivity contribution in [3.05, 3.63) is 42.0 Å². The van der Waals surface area contributed by atoms with E-state index in [-0.39, 0.29) is 0 Å². The Hall–Kier alpha value is -1.97. The monoisotopic (exact) mass is 187 g/mol. The Bertz CT molecular complexity index is 448. The first kappa shape index (κ1) is 8.62. The van der Waals surface area contributed by atoms with Gasteiger partial charge in [0.1, 0.15) is 18.9 Å². The molecule has 2 rings (SSSR count). The fourth-order valence-corrected chi connectivity index (χ4v) is 1.29. The summed E-state index contributed by atoms with van der Waals surface area (Å²) in [5.41, 5.74) is 2.62. The van der Waals surface area contributed by atoms with Gasteiger partial charge in [-0.15, -0.1) is 10.2 Å². The average molecular weight is 187 g/mol. The summed E-state index contributed by atoms with van der Waals surface area (Å²) in [6.45, 7) is 1.90. The second-order valence-corrected chi connectivity index (χ2v) is 3.03. The number of aldehydes is 1. The van der Waals surface area contributed by atoms with Gasteiger partial charge in [0.15, 0.2) is 0 Å². The number of hydrogen-bond acceptors (Lipinski definition) is 3. The van der Waals surface area contributed by atoms with E-state index in [0.29, 0.717) is 5.56 Å². The minimum absolute atomic E-state index is 0.710. The standard InChI is InChI=1S/C10H9N3O/c1-8-4-10(3-2-9(8)5-14)13-6-11-12-7-13/h2-7H,1H3. The molecule has 1 heterocycles. The van der Waals surface area contributed by atoms with Crippen LogP contribution in [0.5, 0.6) is 0 Å². The molecule has 14 heavy (non-hydrogen) atoms. The Labute approximate surface area is 81.2 Å². The van der Waals surface area contributed by atoms with Gasteiger partial charge < -0.3 is 0 Å². The SMILES string of the molecule is Cc1cc(-n2cnnc2)ccc1C=O. The fourth-order valence-electron chi connectivity index (χ4n) is 1.29. The maximum atomic E-state index is 10.6. The van der Waals surface area contributed by atoms with Gasteiger partial charge in [0.05, 0.1) is 0 Å². The molecule has 0 aliphatic rings. The highest BCUT2D eigenvalue weighted by atomic mass is 16.1. The van der Waals surface area contributed by atoms with Gasteiger partial charge in [-0.2, -0.15) is 0 Å². The lowest BCUT2D eigenvalue weighted by molar-refractivity contribution is 0.112. The molecule has 0 amide bonds. The highest BCUT2D eigenvalue weighted by molar-refractivity contribution is 5.77. The molecule has 4 nitrogen and oxygen atoms in total. The minimum Gasteiger partial charge on any atom is -0.298 e. The molecule has 1 aromatic carbocycles. The number of hydrogen-bond donors (Lipinski definition) is 0. The van der Waals surface area contributed by atoms with Crippen molar-refractivity contribution >= 4 is 6.29 Å². The van der Waals surface area contributed by atoms with E-state index in [4.69, 9.17) is 0 Å². The summed E-state index contributed by atoms with van der Waals surface area (Å²) < 4.78 is 1.79. The van der Waals surface area contributed by atoms with Gasteiger partial charge in [-0.1, -0.05) is 0 Å². The molecule has 0 fully saturated rings. The molecular formula is C10H9N3O. The number of aromatic nitrogens is 3. The van der Waals surface area contributed by atoms with E-state index in [1.807, 2.05) is 19.1 Å². The van der Waals surface area contributed by atoms with E-state index in [1.54, 1.807) is 23.3 Å². The van der Waals surface area contributed by atoms with Crippen LogP contribution in [0.15, 0.2) is 30.9 Å². The van der Waals surface area contributed by atoms with E-state index < -0.39 is 0 Å². The van der Waals surface area contributed by atoms with Gasteiger partial charge in [-0.3, -0.25) is 9.36 Å². The third-order valence-corrected chi connectivity index (χ3v) is 2.10. The number of carbonyl (C=O) groups excluding carboxylic acids is 1. The first-order valence-corrected chi connectivity index (χ1v) is 4.22. The number of rotatable bonds is 2. The Morgan fingerprint density at radius 2 is 2.00 bits per heavy atom. The van der Waals surface area contributed by atoms with E-state index >= 15 is 0 Å². The van der Waals surface area contributed by atoms with Crippen molar-refractivity contribution in [3.63, 3.8) is 0 Å². The minimum atomic E-state index is 0.710. The molecule has 0 saturated heterocycles. The first-order valence-electron chi connectivity index (χ1n) is 4.22. The molecule has 2 aromatic rings. The van der Waals surface area contributed by atoms with Crippen molar-refractivity contribution < 1.29 is 4.79 Å². The van der Waals surface area contributed by atoms with Crippen LogP contribution in [0.4, 0.5) is 0 Å².